The van der Waals surface area contributed by atoms with Gasteiger partial charge in [0.2, 0.25) is 0 Å². The second-order valence-electron chi connectivity index (χ2n) is 6.77. The molecule has 1 aromatic carbocycles. The Morgan fingerprint density at radius 2 is 1.90 bits per heavy atom. The minimum Gasteiger partial charge on any atom is -0.373 e. The first-order chi connectivity index (χ1) is 10.2. The summed E-state index contributed by atoms with van der Waals surface area (Å²) >= 11 is 0. The maximum absolute atomic E-state index is 13.9. The molecule has 0 aliphatic heterocycles. The Morgan fingerprint density at radius 3 is 2.62 bits per heavy atom. The van der Waals surface area contributed by atoms with E-state index in [9.17, 15) is 4.39 Å². The van der Waals surface area contributed by atoms with Crippen LogP contribution in [0.4, 0.5) is 4.39 Å². The van der Waals surface area contributed by atoms with Crippen molar-refractivity contribution in [3.63, 3.8) is 0 Å². The highest BCUT2D eigenvalue weighted by Gasteiger charge is 2.21. The van der Waals surface area contributed by atoms with Gasteiger partial charge in [-0.3, -0.25) is 0 Å². The van der Waals surface area contributed by atoms with Gasteiger partial charge in [0.05, 0.1) is 12.7 Å². The van der Waals surface area contributed by atoms with Crippen molar-refractivity contribution in [1.29, 1.82) is 0 Å². The molecule has 0 unspecified atom stereocenters. The second kappa shape index (κ2) is 6.89. The molecule has 0 spiro atoms. The lowest BCUT2D eigenvalue weighted by Crippen LogP contribution is -2.20. The molecule has 0 aromatic heterocycles. The van der Waals surface area contributed by atoms with Crippen molar-refractivity contribution in [3.8, 4) is 0 Å². The predicted molar refractivity (Wildman–Crippen MR) is 82.5 cm³/mol. The van der Waals surface area contributed by atoms with Crippen molar-refractivity contribution in [1.82, 2.24) is 5.32 Å². The van der Waals surface area contributed by atoms with Gasteiger partial charge in [-0.25, -0.2) is 4.39 Å². The number of hydrogen-bond donors (Lipinski definition) is 1. The highest BCUT2D eigenvalue weighted by Crippen LogP contribution is 2.26. The van der Waals surface area contributed by atoms with E-state index >= 15 is 0 Å². The normalized spacial score (nSPS) is 26.0. The quantitative estimate of drug-likeness (QED) is 0.849. The number of ether oxygens (including phenoxy) is 1. The molecule has 0 amide bonds. The third kappa shape index (κ3) is 4.52. The van der Waals surface area contributed by atoms with Crippen LogP contribution in [0.5, 0.6) is 0 Å². The molecule has 3 rings (SSSR count). The molecule has 3 heteroatoms. The van der Waals surface area contributed by atoms with E-state index in [2.05, 4.69) is 12.2 Å². The zero-order valence-corrected chi connectivity index (χ0v) is 12.9. The van der Waals surface area contributed by atoms with Crippen LogP contribution in [0.1, 0.15) is 56.6 Å². The van der Waals surface area contributed by atoms with Crippen LogP contribution in [-0.2, 0) is 17.9 Å². The minimum atomic E-state index is -0.144. The SMILES string of the molecule is CC1CCC(OCc2cc(CNC3CC3)ccc2F)CC1. The van der Waals surface area contributed by atoms with E-state index < -0.39 is 0 Å². The van der Waals surface area contributed by atoms with E-state index in [0.717, 1.165) is 30.9 Å². The van der Waals surface area contributed by atoms with Crippen molar-refractivity contribution < 1.29 is 9.13 Å². The van der Waals surface area contributed by atoms with Gasteiger partial charge in [0.1, 0.15) is 5.82 Å². The van der Waals surface area contributed by atoms with Gasteiger partial charge in [-0.1, -0.05) is 13.0 Å². The lowest BCUT2D eigenvalue weighted by molar-refractivity contribution is 0.00756. The number of halogens is 1. The molecule has 116 valence electrons. The third-order valence-electron chi connectivity index (χ3n) is 4.72. The first kappa shape index (κ1) is 15.0. The molecule has 0 radical (unpaired) electrons. The van der Waals surface area contributed by atoms with Crippen LogP contribution in [-0.4, -0.2) is 12.1 Å². The minimum absolute atomic E-state index is 0.144. The Morgan fingerprint density at radius 1 is 1.14 bits per heavy atom. The molecule has 0 atom stereocenters. The topological polar surface area (TPSA) is 21.3 Å². The average Bonchev–Trinajstić information content (AvgIpc) is 3.31. The molecule has 2 aliphatic carbocycles. The summed E-state index contributed by atoms with van der Waals surface area (Å²) in [4.78, 5) is 0. The molecule has 2 saturated carbocycles. The molecule has 2 aliphatic rings. The molecule has 0 saturated heterocycles. The monoisotopic (exact) mass is 291 g/mol. The Balaban J connectivity index is 1.52. The highest BCUT2D eigenvalue weighted by molar-refractivity contribution is 5.24. The van der Waals surface area contributed by atoms with Crippen molar-refractivity contribution in [2.24, 2.45) is 5.92 Å². The number of hydrogen-bond acceptors (Lipinski definition) is 2. The molecule has 21 heavy (non-hydrogen) atoms. The summed E-state index contributed by atoms with van der Waals surface area (Å²) in [5, 5.41) is 3.47. The van der Waals surface area contributed by atoms with Crippen LogP contribution in [0.15, 0.2) is 18.2 Å². The van der Waals surface area contributed by atoms with E-state index in [1.54, 1.807) is 6.07 Å². The molecule has 2 fully saturated rings. The third-order valence-corrected chi connectivity index (χ3v) is 4.72. The first-order valence-corrected chi connectivity index (χ1v) is 8.33. The smallest absolute Gasteiger partial charge is 0.128 e. The standard InChI is InChI=1S/C18H26FNO/c1-13-2-7-17(8-3-13)21-12-15-10-14(4-9-18(15)19)11-20-16-5-6-16/h4,9-10,13,16-17,20H,2-3,5-8,11-12H2,1H3. The molecular weight excluding hydrogens is 265 g/mol. The predicted octanol–water partition coefficient (Wildman–Crippen LogP) is 4.17. The summed E-state index contributed by atoms with van der Waals surface area (Å²) in [6.45, 7) is 3.53. The lowest BCUT2D eigenvalue weighted by atomic mass is 9.89. The van der Waals surface area contributed by atoms with Gasteiger partial charge >= 0.3 is 0 Å². The average molecular weight is 291 g/mol. The van der Waals surface area contributed by atoms with Gasteiger partial charge < -0.3 is 10.1 Å². The fraction of sp³-hybridized carbons (Fsp3) is 0.667. The van der Waals surface area contributed by atoms with Crippen LogP contribution in [0.25, 0.3) is 0 Å². The highest BCUT2D eigenvalue weighted by atomic mass is 19.1. The fourth-order valence-corrected chi connectivity index (χ4v) is 3.00. The zero-order valence-electron chi connectivity index (χ0n) is 12.9. The van der Waals surface area contributed by atoms with E-state index in [0.29, 0.717) is 24.3 Å². The molecular formula is C18H26FNO. The summed E-state index contributed by atoms with van der Waals surface area (Å²) in [7, 11) is 0. The van der Waals surface area contributed by atoms with Crippen molar-refractivity contribution >= 4 is 0 Å². The van der Waals surface area contributed by atoms with E-state index in [1.165, 1.54) is 25.7 Å². The molecule has 2 nitrogen and oxygen atoms in total. The van der Waals surface area contributed by atoms with E-state index in [1.807, 2.05) is 12.1 Å². The number of nitrogens with one attached hydrogen (secondary N) is 1. The van der Waals surface area contributed by atoms with Gasteiger partial charge in [-0.2, -0.15) is 0 Å². The van der Waals surface area contributed by atoms with Crippen LogP contribution < -0.4 is 5.32 Å². The van der Waals surface area contributed by atoms with Crippen LogP contribution in [0.3, 0.4) is 0 Å². The van der Waals surface area contributed by atoms with Gasteiger partial charge in [-0.05, 0) is 62.1 Å². The van der Waals surface area contributed by atoms with Gasteiger partial charge in [0, 0.05) is 18.2 Å². The fourth-order valence-electron chi connectivity index (χ4n) is 3.00. The molecule has 1 aromatic rings. The van der Waals surface area contributed by atoms with Gasteiger partial charge in [0.25, 0.3) is 0 Å². The molecule has 1 N–H and O–H groups in total. The van der Waals surface area contributed by atoms with Gasteiger partial charge in [0.15, 0.2) is 0 Å². The summed E-state index contributed by atoms with van der Waals surface area (Å²) in [6.07, 6.45) is 7.57. The Bertz CT molecular complexity index is 464. The van der Waals surface area contributed by atoms with Crippen LogP contribution >= 0.6 is 0 Å². The maximum Gasteiger partial charge on any atom is 0.128 e. The summed E-state index contributed by atoms with van der Waals surface area (Å²) in [6, 6.07) is 6.08. The molecule has 0 bridgehead atoms. The Labute approximate surface area is 127 Å². The van der Waals surface area contributed by atoms with E-state index in [-0.39, 0.29) is 5.82 Å². The van der Waals surface area contributed by atoms with E-state index in [4.69, 9.17) is 4.74 Å². The second-order valence-corrected chi connectivity index (χ2v) is 6.77. The molecule has 0 heterocycles. The van der Waals surface area contributed by atoms with Crippen molar-refractivity contribution in [2.45, 2.75) is 70.7 Å². The number of benzene rings is 1. The van der Waals surface area contributed by atoms with Gasteiger partial charge in [-0.15, -0.1) is 0 Å². The summed E-state index contributed by atoms with van der Waals surface area (Å²) in [5.41, 5.74) is 1.85. The van der Waals surface area contributed by atoms with Crippen molar-refractivity contribution in [3.05, 3.63) is 35.1 Å². The Kier molecular flexibility index (Phi) is 4.91. The maximum atomic E-state index is 13.9. The lowest BCUT2D eigenvalue weighted by Gasteiger charge is -2.26. The largest absolute Gasteiger partial charge is 0.373 e. The van der Waals surface area contributed by atoms with Crippen LogP contribution in [0.2, 0.25) is 0 Å². The van der Waals surface area contributed by atoms with Crippen molar-refractivity contribution in [2.75, 3.05) is 0 Å². The Hall–Kier alpha value is -0.930. The van der Waals surface area contributed by atoms with Crippen LogP contribution in [0, 0.1) is 11.7 Å². The summed E-state index contributed by atoms with van der Waals surface area (Å²) in [5.74, 6) is 0.674. The number of rotatable bonds is 6. The summed E-state index contributed by atoms with van der Waals surface area (Å²) < 4.78 is 19.8. The zero-order chi connectivity index (χ0) is 14.7. The first-order valence-electron chi connectivity index (χ1n) is 8.33.